The molecule has 7 heteroatoms. The van der Waals surface area contributed by atoms with E-state index in [4.69, 9.17) is 4.74 Å². The van der Waals surface area contributed by atoms with E-state index in [1.54, 1.807) is 4.90 Å². The lowest BCUT2D eigenvalue weighted by Crippen LogP contribution is -2.50. The van der Waals surface area contributed by atoms with E-state index in [1.807, 2.05) is 33.8 Å². The van der Waals surface area contributed by atoms with E-state index in [0.29, 0.717) is 13.1 Å². The predicted molar refractivity (Wildman–Crippen MR) is 105 cm³/mol. The highest BCUT2D eigenvalue weighted by molar-refractivity contribution is 5.68. The van der Waals surface area contributed by atoms with Crippen LogP contribution in [0.2, 0.25) is 0 Å². The maximum Gasteiger partial charge on any atom is 0.410 e. The number of aromatic nitrogens is 3. The van der Waals surface area contributed by atoms with Crippen LogP contribution in [-0.2, 0) is 17.7 Å². The Labute approximate surface area is 160 Å². The number of aryl methyl sites for hydroxylation is 2. The Bertz CT molecular complexity index is 758. The number of benzene rings is 1. The van der Waals surface area contributed by atoms with Crippen molar-refractivity contribution in [2.75, 3.05) is 31.1 Å². The van der Waals surface area contributed by atoms with E-state index >= 15 is 0 Å². The molecule has 2 aromatic rings. The van der Waals surface area contributed by atoms with Crippen LogP contribution < -0.4 is 4.90 Å². The monoisotopic (exact) mass is 371 g/mol. The van der Waals surface area contributed by atoms with Gasteiger partial charge in [-0.05, 0) is 39.7 Å². The minimum atomic E-state index is -0.469. The van der Waals surface area contributed by atoms with E-state index in [0.717, 1.165) is 37.8 Å². The number of nitrogens with zero attached hydrogens (tertiary/aromatic N) is 5. The van der Waals surface area contributed by atoms with Gasteiger partial charge in [-0.25, -0.2) is 4.79 Å². The van der Waals surface area contributed by atoms with Gasteiger partial charge in [0.05, 0.1) is 0 Å². The molecule has 0 spiro atoms. The summed E-state index contributed by atoms with van der Waals surface area (Å²) in [5.74, 6) is 1.79. The van der Waals surface area contributed by atoms with Crippen LogP contribution in [0.5, 0.6) is 0 Å². The van der Waals surface area contributed by atoms with Gasteiger partial charge >= 0.3 is 6.09 Å². The molecule has 0 unspecified atom stereocenters. The fourth-order valence-corrected chi connectivity index (χ4v) is 3.17. The maximum atomic E-state index is 12.2. The molecule has 146 valence electrons. The SMILES string of the molecule is Cc1nnc(N2CCN(C(=O)OC(C)(C)C)CC2)n1CCc1ccccc1. The number of ether oxygens (including phenoxy) is 1. The summed E-state index contributed by atoms with van der Waals surface area (Å²) in [7, 11) is 0. The van der Waals surface area contributed by atoms with E-state index in [1.165, 1.54) is 5.56 Å². The van der Waals surface area contributed by atoms with E-state index < -0.39 is 5.60 Å². The third-order valence-electron chi connectivity index (χ3n) is 4.60. The normalized spacial score (nSPS) is 15.1. The highest BCUT2D eigenvalue weighted by Crippen LogP contribution is 2.18. The average Bonchev–Trinajstić information content (AvgIpc) is 3.00. The number of rotatable bonds is 4. The van der Waals surface area contributed by atoms with Crippen LogP contribution in [0.1, 0.15) is 32.2 Å². The van der Waals surface area contributed by atoms with Crippen LogP contribution in [-0.4, -0.2) is 57.5 Å². The molecular formula is C20H29N5O2. The van der Waals surface area contributed by atoms with Crippen LogP contribution in [0.3, 0.4) is 0 Å². The molecule has 0 radical (unpaired) electrons. The zero-order chi connectivity index (χ0) is 19.4. The number of piperazine rings is 1. The summed E-state index contributed by atoms with van der Waals surface area (Å²) >= 11 is 0. The van der Waals surface area contributed by atoms with Crippen LogP contribution in [0.25, 0.3) is 0 Å². The molecule has 7 nitrogen and oxygen atoms in total. The van der Waals surface area contributed by atoms with Crippen LogP contribution >= 0.6 is 0 Å². The maximum absolute atomic E-state index is 12.2. The van der Waals surface area contributed by atoms with Gasteiger partial charge in [-0.15, -0.1) is 10.2 Å². The van der Waals surface area contributed by atoms with E-state index in [-0.39, 0.29) is 6.09 Å². The van der Waals surface area contributed by atoms with Crippen molar-refractivity contribution in [2.24, 2.45) is 0 Å². The Morgan fingerprint density at radius 3 is 2.37 bits per heavy atom. The molecule has 1 saturated heterocycles. The summed E-state index contributed by atoms with van der Waals surface area (Å²) in [6.07, 6.45) is 0.689. The van der Waals surface area contributed by atoms with Crippen LogP contribution in [0.4, 0.5) is 10.7 Å². The molecule has 2 heterocycles. The van der Waals surface area contributed by atoms with Crippen molar-refractivity contribution in [3.8, 4) is 0 Å². The first-order valence-corrected chi connectivity index (χ1v) is 9.50. The van der Waals surface area contributed by atoms with Gasteiger partial charge < -0.3 is 14.5 Å². The van der Waals surface area contributed by atoms with Crippen molar-refractivity contribution in [3.63, 3.8) is 0 Å². The van der Waals surface area contributed by atoms with Crippen LogP contribution in [0.15, 0.2) is 30.3 Å². The zero-order valence-electron chi connectivity index (χ0n) is 16.7. The Balaban J connectivity index is 1.61. The summed E-state index contributed by atoms with van der Waals surface area (Å²) in [4.78, 5) is 16.2. The molecule has 0 aliphatic carbocycles. The summed E-state index contributed by atoms with van der Waals surface area (Å²) in [6.45, 7) is 11.2. The number of hydrogen-bond donors (Lipinski definition) is 0. The summed E-state index contributed by atoms with van der Waals surface area (Å²) in [6, 6.07) is 10.4. The topological polar surface area (TPSA) is 63.5 Å². The predicted octanol–water partition coefficient (Wildman–Crippen LogP) is 2.89. The molecule has 1 fully saturated rings. The second-order valence-electron chi connectivity index (χ2n) is 7.89. The Morgan fingerprint density at radius 1 is 1.07 bits per heavy atom. The number of amides is 1. The molecular weight excluding hydrogens is 342 g/mol. The van der Waals surface area contributed by atoms with Gasteiger partial charge in [0, 0.05) is 32.7 Å². The molecule has 1 aliphatic heterocycles. The van der Waals surface area contributed by atoms with Gasteiger partial charge in [-0.2, -0.15) is 0 Å². The lowest BCUT2D eigenvalue weighted by atomic mass is 10.1. The molecule has 27 heavy (non-hydrogen) atoms. The third kappa shape index (κ3) is 4.99. The Morgan fingerprint density at radius 2 is 1.74 bits per heavy atom. The van der Waals surface area contributed by atoms with Crippen molar-refractivity contribution in [2.45, 2.75) is 46.3 Å². The number of anilines is 1. The minimum absolute atomic E-state index is 0.246. The summed E-state index contributed by atoms with van der Waals surface area (Å²) < 4.78 is 7.63. The van der Waals surface area contributed by atoms with E-state index in [9.17, 15) is 4.79 Å². The van der Waals surface area contributed by atoms with Gasteiger partial charge in [0.15, 0.2) is 0 Å². The lowest BCUT2D eigenvalue weighted by molar-refractivity contribution is 0.0240. The van der Waals surface area contributed by atoms with Crippen molar-refractivity contribution >= 4 is 12.0 Å². The smallest absolute Gasteiger partial charge is 0.410 e. The fraction of sp³-hybridized carbons (Fsp3) is 0.550. The number of hydrogen-bond acceptors (Lipinski definition) is 5. The molecule has 3 rings (SSSR count). The molecule has 0 N–H and O–H groups in total. The third-order valence-corrected chi connectivity index (χ3v) is 4.60. The standard InChI is InChI=1S/C20H29N5O2/c1-16-21-22-18(25(16)11-10-17-8-6-5-7-9-17)23-12-14-24(15-13-23)19(26)27-20(2,3)4/h5-9H,10-15H2,1-4H3. The van der Waals surface area contributed by atoms with Gasteiger partial charge in [0.25, 0.3) is 0 Å². The highest BCUT2D eigenvalue weighted by atomic mass is 16.6. The van der Waals surface area contributed by atoms with Gasteiger partial charge in [-0.1, -0.05) is 30.3 Å². The number of carbonyl (C=O) groups is 1. The first kappa shape index (κ1) is 19.2. The first-order valence-electron chi connectivity index (χ1n) is 9.50. The van der Waals surface area contributed by atoms with Gasteiger partial charge in [0.1, 0.15) is 11.4 Å². The van der Waals surface area contributed by atoms with E-state index in [2.05, 4.69) is 43.9 Å². The number of carbonyl (C=O) groups excluding carboxylic acids is 1. The molecule has 1 aromatic heterocycles. The lowest BCUT2D eigenvalue weighted by Gasteiger charge is -2.36. The second kappa shape index (κ2) is 7.98. The quantitative estimate of drug-likeness (QED) is 0.827. The van der Waals surface area contributed by atoms with Gasteiger partial charge in [0.2, 0.25) is 5.95 Å². The largest absolute Gasteiger partial charge is 0.444 e. The Kier molecular flexibility index (Phi) is 5.68. The van der Waals surface area contributed by atoms with Crippen molar-refractivity contribution < 1.29 is 9.53 Å². The fourth-order valence-electron chi connectivity index (χ4n) is 3.17. The molecule has 1 amide bonds. The molecule has 0 saturated carbocycles. The second-order valence-corrected chi connectivity index (χ2v) is 7.89. The van der Waals surface area contributed by atoms with Crippen molar-refractivity contribution in [1.82, 2.24) is 19.7 Å². The molecule has 1 aliphatic rings. The Hall–Kier alpha value is -2.57. The molecule has 1 aromatic carbocycles. The van der Waals surface area contributed by atoms with Crippen LogP contribution in [0, 0.1) is 6.92 Å². The molecule has 0 atom stereocenters. The average molecular weight is 371 g/mol. The summed E-state index contributed by atoms with van der Waals surface area (Å²) in [5, 5.41) is 8.66. The first-order chi connectivity index (χ1) is 12.8. The molecule has 0 bridgehead atoms. The zero-order valence-corrected chi connectivity index (χ0v) is 16.7. The van der Waals surface area contributed by atoms with Gasteiger partial charge in [-0.3, -0.25) is 4.57 Å². The highest BCUT2D eigenvalue weighted by Gasteiger charge is 2.27. The summed E-state index contributed by atoms with van der Waals surface area (Å²) in [5.41, 5.74) is 0.828. The van der Waals surface area contributed by atoms with Crippen molar-refractivity contribution in [1.29, 1.82) is 0 Å². The minimum Gasteiger partial charge on any atom is -0.444 e. The van der Waals surface area contributed by atoms with Crippen molar-refractivity contribution in [3.05, 3.63) is 41.7 Å².